The molecule has 1 fully saturated rings. The lowest BCUT2D eigenvalue weighted by molar-refractivity contribution is 0.361. The molecular formula is C13H20N4S. The first-order valence-corrected chi connectivity index (χ1v) is 6.91. The van der Waals surface area contributed by atoms with E-state index in [4.69, 9.17) is 18.0 Å². The summed E-state index contributed by atoms with van der Waals surface area (Å²) in [6.07, 6.45) is 8.44. The molecule has 1 aliphatic rings. The first-order valence-electron chi connectivity index (χ1n) is 6.51. The van der Waals surface area contributed by atoms with Gasteiger partial charge in [-0.05, 0) is 24.8 Å². The summed E-state index contributed by atoms with van der Waals surface area (Å²) in [5, 5.41) is 0. The Hall–Kier alpha value is -1.23. The third-order valence-corrected chi connectivity index (χ3v) is 3.70. The second-order valence-corrected chi connectivity index (χ2v) is 5.43. The second-order valence-electron chi connectivity index (χ2n) is 4.99. The summed E-state index contributed by atoms with van der Waals surface area (Å²) in [5.74, 6) is 1.48. The monoisotopic (exact) mass is 264 g/mol. The fourth-order valence-electron chi connectivity index (χ4n) is 2.51. The molecule has 1 heterocycles. The summed E-state index contributed by atoms with van der Waals surface area (Å²) < 4.78 is 0. The van der Waals surface area contributed by atoms with Crippen molar-refractivity contribution < 1.29 is 0 Å². The largest absolute Gasteiger partial charge is 0.388 e. The minimum atomic E-state index is 0.324. The zero-order valence-electron chi connectivity index (χ0n) is 10.8. The van der Waals surface area contributed by atoms with Gasteiger partial charge in [-0.1, -0.05) is 31.5 Å². The molecular weight excluding hydrogens is 244 g/mol. The van der Waals surface area contributed by atoms with Crippen LogP contribution in [0.15, 0.2) is 12.3 Å². The standard InChI is InChI=1S/C13H20N4S/c1-17(9-10-5-3-2-4-6-10)13-15-8-7-11(16-13)12(14)18/h7-8,10H,2-6,9H2,1H3,(H2,14,18). The molecule has 0 bridgehead atoms. The van der Waals surface area contributed by atoms with Crippen LogP contribution in [0.25, 0.3) is 0 Å². The molecule has 18 heavy (non-hydrogen) atoms. The molecule has 0 aliphatic heterocycles. The Kier molecular flexibility index (Phi) is 4.47. The van der Waals surface area contributed by atoms with Crippen LogP contribution in [0.3, 0.4) is 0 Å². The number of hydrogen-bond acceptors (Lipinski definition) is 4. The molecule has 0 unspecified atom stereocenters. The Labute approximate surface area is 114 Å². The molecule has 0 saturated heterocycles. The molecule has 0 spiro atoms. The van der Waals surface area contributed by atoms with Crippen LogP contribution >= 0.6 is 12.2 Å². The van der Waals surface area contributed by atoms with E-state index in [1.165, 1.54) is 32.1 Å². The van der Waals surface area contributed by atoms with Gasteiger partial charge in [0.05, 0.1) is 0 Å². The maximum atomic E-state index is 5.59. The first kappa shape index (κ1) is 13.2. The Morgan fingerprint density at radius 1 is 1.44 bits per heavy atom. The molecule has 0 aromatic carbocycles. The van der Waals surface area contributed by atoms with Gasteiger partial charge in [0, 0.05) is 19.8 Å². The predicted molar refractivity (Wildman–Crippen MR) is 77.8 cm³/mol. The lowest BCUT2D eigenvalue weighted by Crippen LogP contribution is -2.28. The number of anilines is 1. The summed E-state index contributed by atoms with van der Waals surface area (Å²) in [7, 11) is 2.04. The molecule has 1 aromatic heterocycles. The average Bonchev–Trinajstić information content (AvgIpc) is 2.40. The molecule has 1 saturated carbocycles. The smallest absolute Gasteiger partial charge is 0.225 e. The van der Waals surface area contributed by atoms with E-state index in [1.54, 1.807) is 12.3 Å². The van der Waals surface area contributed by atoms with Crippen LogP contribution in [0.1, 0.15) is 37.8 Å². The van der Waals surface area contributed by atoms with Crippen LogP contribution in [-0.4, -0.2) is 28.5 Å². The van der Waals surface area contributed by atoms with Gasteiger partial charge >= 0.3 is 0 Å². The van der Waals surface area contributed by atoms with Crippen molar-refractivity contribution in [2.45, 2.75) is 32.1 Å². The number of rotatable bonds is 4. The normalized spacial score (nSPS) is 16.5. The molecule has 5 heteroatoms. The molecule has 1 aliphatic carbocycles. The summed E-state index contributed by atoms with van der Waals surface area (Å²) in [5.41, 5.74) is 6.23. The predicted octanol–water partition coefficient (Wildman–Crippen LogP) is 2.13. The van der Waals surface area contributed by atoms with Crippen LogP contribution < -0.4 is 10.6 Å². The van der Waals surface area contributed by atoms with E-state index in [0.29, 0.717) is 16.6 Å². The van der Waals surface area contributed by atoms with Gasteiger partial charge in [-0.3, -0.25) is 0 Å². The summed E-state index contributed by atoms with van der Waals surface area (Å²) in [6, 6.07) is 1.75. The molecule has 1 aromatic rings. The van der Waals surface area contributed by atoms with Crippen molar-refractivity contribution in [2.24, 2.45) is 11.7 Å². The third-order valence-electron chi connectivity index (χ3n) is 3.49. The SMILES string of the molecule is CN(CC1CCCCC1)c1nccc(C(N)=S)n1. The van der Waals surface area contributed by atoms with Gasteiger partial charge in [0.25, 0.3) is 0 Å². The fraction of sp³-hybridized carbons (Fsp3) is 0.615. The number of thiocarbonyl (C=S) groups is 1. The maximum Gasteiger partial charge on any atom is 0.225 e. The zero-order valence-corrected chi connectivity index (χ0v) is 11.6. The average molecular weight is 264 g/mol. The van der Waals surface area contributed by atoms with Gasteiger partial charge in [-0.15, -0.1) is 0 Å². The summed E-state index contributed by atoms with van der Waals surface area (Å²) in [6.45, 7) is 1.01. The molecule has 0 amide bonds. The van der Waals surface area contributed by atoms with E-state index in [2.05, 4.69) is 14.9 Å². The Morgan fingerprint density at radius 3 is 2.83 bits per heavy atom. The highest BCUT2D eigenvalue weighted by Gasteiger charge is 2.17. The molecule has 4 nitrogen and oxygen atoms in total. The van der Waals surface area contributed by atoms with Gasteiger partial charge in [0.2, 0.25) is 5.95 Å². The van der Waals surface area contributed by atoms with E-state index < -0.39 is 0 Å². The zero-order chi connectivity index (χ0) is 13.0. The number of nitrogens with zero attached hydrogens (tertiary/aromatic N) is 3. The lowest BCUT2D eigenvalue weighted by Gasteiger charge is -2.27. The molecule has 2 rings (SSSR count). The molecule has 0 atom stereocenters. The highest BCUT2D eigenvalue weighted by atomic mass is 32.1. The molecule has 0 radical (unpaired) electrons. The van der Waals surface area contributed by atoms with E-state index >= 15 is 0 Å². The minimum Gasteiger partial charge on any atom is -0.388 e. The van der Waals surface area contributed by atoms with Gasteiger partial charge in [0.15, 0.2) is 0 Å². The van der Waals surface area contributed by atoms with E-state index in [1.807, 2.05) is 7.05 Å². The van der Waals surface area contributed by atoms with Gasteiger partial charge < -0.3 is 10.6 Å². The summed E-state index contributed by atoms with van der Waals surface area (Å²) in [4.78, 5) is 11.1. The first-order chi connectivity index (χ1) is 8.66. The quantitative estimate of drug-likeness (QED) is 0.844. The van der Waals surface area contributed by atoms with E-state index in [-0.39, 0.29) is 0 Å². The van der Waals surface area contributed by atoms with Crippen LogP contribution in [0.4, 0.5) is 5.95 Å². The Bertz CT molecular complexity index is 415. The van der Waals surface area contributed by atoms with Crippen molar-refractivity contribution >= 4 is 23.2 Å². The van der Waals surface area contributed by atoms with Crippen LogP contribution in [-0.2, 0) is 0 Å². The van der Waals surface area contributed by atoms with E-state index in [9.17, 15) is 0 Å². The van der Waals surface area contributed by atoms with Crippen molar-refractivity contribution in [3.05, 3.63) is 18.0 Å². The van der Waals surface area contributed by atoms with Crippen LogP contribution in [0, 0.1) is 5.92 Å². The molecule has 98 valence electrons. The van der Waals surface area contributed by atoms with Gasteiger partial charge in [-0.25, -0.2) is 9.97 Å². The molecule has 2 N–H and O–H groups in total. The van der Waals surface area contributed by atoms with Crippen molar-refractivity contribution in [2.75, 3.05) is 18.5 Å². The third kappa shape index (κ3) is 3.38. The Balaban J connectivity index is 2.01. The van der Waals surface area contributed by atoms with Crippen LogP contribution in [0.2, 0.25) is 0 Å². The van der Waals surface area contributed by atoms with Gasteiger partial charge in [-0.2, -0.15) is 0 Å². The van der Waals surface area contributed by atoms with Crippen molar-refractivity contribution in [3.8, 4) is 0 Å². The van der Waals surface area contributed by atoms with Crippen molar-refractivity contribution in [3.63, 3.8) is 0 Å². The summed E-state index contributed by atoms with van der Waals surface area (Å²) >= 11 is 4.94. The van der Waals surface area contributed by atoms with E-state index in [0.717, 1.165) is 12.5 Å². The fourth-order valence-corrected chi connectivity index (χ4v) is 2.62. The van der Waals surface area contributed by atoms with Gasteiger partial charge in [0.1, 0.15) is 10.7 Å². The second kappa shape index (κ2) is 6.09. The maximum absolute atomic E-state index is 5.59. The minimum absolute atomic E-state index is 0.324. The topological polar surface area (TPSA) is 55.0 Å². The highest BCUT2D eigenvalue weighted by molar-refractivity contribution is 7.80. The number of aromatic nitrogens is 2. The van der Waals surface area contributed by atoms with Crippen LogP contribution in [0.5, 0.6) is 0 Å². The number of hydrogen-bond donors (Lipinski definition) is 1. The lowest BCUT2D eigenvalue weighted by atomic mass is 9.89. The number of nitrogens with two attached hydrogens (primary N) is 1. The van der Waals surface area contributed by atoms with Crippen molar-refractivity contribution in [1.82, 2.24) is 9.97 Å². The highest BCUT2D eigenvalue weighted by Crippen LogP contribution is 2.24. The van der Waals surface area contributed by atoms with Crippen molar-refractivity contribution in [1.29, 1.82) is 0 Å². The Morgan fingerprint density at radius 2 is 2.17 bits per heavy atom.